The van der Waals surface area contributed by atoms with Gasteiger partial charge in [0, 0.05) is 0 Å². The number of nitrogens with zero attached hydrogens (tertiary/aromatic N) is 1. The van der Waals surface area contributed by atoms with Crippen molar-refractivity contribution in [3.63, 3.8) is 0 Å². The maximum atomic E-state index is 12.4. The van der Waals surface area contributed by atoms with Gasteiger partial charge in [-0.05, 0) is 51.3 Å². The predicted octanol–water partition coefficient (Wildman–Crippen LogP) is 3.52. The van der Waals surface area contributed by atoms with E-state index in [-0.39, 0.29) is 27.7 Å². The molecule has 2 aromatic heterocycles. The van der Waals surface area contributed by atoms with Crippen LogP contribution in [0.2, 0.25) is 0 Å². The highest BCUT2D eigenvalue weighted by Gasteiger charge is 2.28. The van der Waals surface area contributed by atoms with Gasteiger partial charge in [0.25, 0.3) is 5.91 Å². The summed E-state index contributed by atoms with van der Waals surface area (Å²) in [7, 11) is 1.22. The van der Waals surface area contributed by atoms with Gasteiger partial charge in [-0.3, -0.25) is 9.89 Å². The summed E-state index contributed by atoms with van der Waals surface area (Å²) in [5, 5.41) is 9.24. The van der Waals surface area contributed by atoms with E-state index in [1.165, 1.54) is 7.11 Å². The Morgan fingerprint density at radius 3 is 2.48 bits per heavy atom. The molecule has 25 heavy (non-hydrogen) atoms. The summed E-state index contributed by atoms with van der Waals surface area (Å²) in [6, 6.07) is 0. The first kappa shape index (κ1) is 19.6. The number of H-pyrrole nitrogens is 1. The second-order valence-electron chi connectivity index (χ2n) is 4.63. The fraction of sp³-hybridized carbons (Fsp3) is 0.286. The fourth-order valence-electron chi connectivity index (χ4n) is 1.96. The van der Waals surface area contributed by atoms with E-state index in [4.69, 9.17) is 9.47 Å². The Balaban J connectivity index is 2.43. The largest absolute Gasteiger partial charge is 0.465 e. The van der Waals surface area contributed by atoms with Crippen LogP contribution < -0.4 is 5.32 Å². The molecular formula is C14H13Br2N3O5S. The molecule has 0 aliphatic carbocycles. The second kappa shape index (κ2) is 8.11. The van der Waals surface area contributed by atoms with Crippen LogP contribution in [0.4, 0.5) is 5.00 Å². The minimum absolute atomic E-state index is 0.0893. The molecule has 2 rings (SSSR count). The van der Waals surface area contributed by atoms with Crippen LogP contribution in [-0.4, -0.2) is 41.8 Å². The lowest BCUT2D eigenvalue weighted by atomic mass is 10.1. The summed E-state index contributed by atoms with van der Waals surface area (Å²) in [4.78, 5) is 36.8. The molecule has 0 radical (unpaired) electrons. The molecule has 2 heterocycles. The van der Waals surface area contributed by atoms with Crippen molar-refractivity contribution in [1.82, 2.24) is 10.2 Å². The molecule has 0 aliphatic rings. The fourth-order valence-corrected chi connectivity index (χ4v) is 3.68. The first-order valence-electron chi connectivity index (χ1n) is 6.91. The number of anilines is 1. The maximum absolute atomic E-state index is 12.4. The van der Waals surface area contributed by atoms with Crippen LogP contribution in [0.3, 0.4) is 0 Å². The second-order valence-corrected chi connectivity index (χ2v) is 7.23. The highest BCUT2D eigenvalue weighted by Crippen LogP contribution is 2.35. The number of aromatic nitrogens is 2. The lowest BCUT2D eigenvalue weighted by Gasteiger charge is -2.05. The number of amides is 1. The van der Waals surface area contributed by atoms with Gasteiger partial charge in [-0.25, -0.2) is 9.59 Å². The molecule has 0 aliphatic heterocycles. The van der Waals surface area contributed by atoms with E-state index in [9.17, 15) is 14.4 Å². The van der Waals surface area contributed by atoms with Crippen LogP contribution in [0.5, 0.6) is 0 Å². The van der Waals surface area contributed by atoms with E-state index >= 15 is 0 Å². The number of aromatic amines is 1. The molecule has 0 atom stereocenters. The quantitative estimate of drug-likeness (QED) is 0.615. The Morgan fingerprint density at radius 1 is 1.28 bits per heavy atom. The van der Waals surface area contributed by atoms with Crippen LogP contribution in [0, 0.1) is 6.92 Å². The highest BCUT2D eigenvalue weighted by molar-refractivity contribution is 9.13. The number of esters is 2. The molecule has 0 unspecified atom stereocenters. The van der Waals surface area contributed by atoms with E-state index in [1.807, 2.05) is 0 Å². The molecule has 11 heteroatoms. The van der Waals surface area contributed by atoms with Gasteiger partial charge in [-0.15, -0.1) is 11.3 Å². The molecule has 0 fully saturated rings. The molecule has 134 valence electrons. The summed E-state index contributed by atoms with van der Waals surface area (Å²) in [5.41, 5.74) is 0.578. The van der Waals surface area contributed by atoms with Crippen molar-refractivity contribution in [2.24, 2.45) is 0 Å². The Morgan fingerprint density at radius 2 is 1.96 bits per heavy atom. The van der Waals surface area contributed by atoms with Crippen molar-refractivity contribution >= 4 is 66.0 Å². The molecule has 1 amide bonds. The number of rotatable bonds is 5. The van der Waals surface area contributed by atoms with Crippen molar-refractivity contribution in [1.29, 1.82) is 0 Å². The number of carbonyl (C=O) groups excluding carboxylic acids is 3. The molecule has 0 saturated heterocycles. The van der Waals surface area contributed by atoms with E-state index < -0.39 is 17.8 Å². The summed E-state index contributed by atoms with van der Waals surface area (Å²) < 4.78 is 10.7. The number of hydrogen-bond acceptors (Lipinski definition) is 7. The van der Waals surface area contributed by atoms with Crippen molar-refractivity contribution < 1.29 is 23.9 Å². The number of ether oxygens (including phenoxy) is 2. The van der Waals surface area contributed by atoms with Gasteiger partial charge in [0.05, 0.1) is 23.8 Å². The van der Waals surface area contributed by atoms with E-state index in [0.29, 0.717) is 14.6 Å². The Labute approximate surface area is 163 Å². The van der Waals surface area contributed by atoms with Crippen LogP contribution in [0.1, 0.15) is 43.0 Å². The van der Waals surface area contributed by atoms with Gasteiger partial charge in [0.1, 0.15) is 14.5 Å². The van der Waals surface area contributed by atoms with Crippen LogP contribution in [-0.2, 0) is 9.47 Å². The van der Waals surface area contributed by atoms with Crippen molar-refractivity contribution in [3.05, 3.63) is 30.8 Å². The Hall–Kier alpha value is -1.72. The zero-order chi connectivity index (χ0) is 18.7. The lowest BCUT2D eigenvalue weighted by Crippen LogP contribution is -2.15. The Bertz CT molecular complexity index is 846. The number of methoxy groups -OCH3 is 1. The smallest absolute Gasteiger partial charge is 0.348 e. The van der Waals surface area contributed by atoms with Crippen LogP contribution in [0.25, 0.3) is 0 Å². The molecule has 0 saturated carbocycles. The van der Waals surface area contributed by atoms with Crippen molar-refractivity contribution in [2.75, 3.05) is 19.0 Å². The van der Waals surface area contributed by atoms with Crippen molar-refractivity contribution in [2.45, 2.75) is 13.8 Å². The molecule has 0 bridgehead atoms. The zero-order valence-electron chi connectivity index (χ0n) is 13.4. The van der Waals surface area contributed by atoms with Gasteiger partial charge in [-0.1, -0.05) is 0 Å². The molecule has 2 aromatic rings. The number of nitrogens with one attached hydrogen (secondary N) is 2. The molecule has 8 nitrogen and oxygen atoms in total. The highest BCUT2D eigenvalue weighted by atomic mass is 79.9. The number of halogens is 2. The molecule has 0 aromatic carbocycles. The van der Waals surface area contributed by atoms with Crippen LogP contribution >= 0.6 is 43.2 Å². The first-order chi connectivity index (χ1) is 11.8. The van der Waals surface area contributed by atoms with Gasteiger partial charge in [0.15, 0.2) is 5.69 Å². The first-order valence-corrected chi connectivity index (χ1v) is 9.31. The number of hydrogen-bond donors (Lipinski definition) is 2. The molecular weight excluding hydrogens is 482 g/mol. The van der Waals surface area contributed by atoms with Gasteiger partial charge < -0.3 is 14.8 Å². The Kier molecular flexibility index (Phi) is 6.36. The average molecular weight is 495 g/mol. The third kappa shape index (κ3) is 3.93. The summed E-state index contributed by atoms with van der Waals surface area (Å²) >= 11 is 7.36. The summed E-state index contributed by atoms with van der Waals surface area (Å²) in [6.07, 6.45) is 0. The van der Waals surface area contributed by atoms with E-state index in [1.54, 1.807) is 13.8 Å². The standard InChI is InChI=1S/C14H13Br2N3O5S/c1-4-24-14(22)9-5(2)6(13(21)23-3)12(25-9)17-11(20)8-7(15)10(16)19-18-8/h4H2,1-3H3,(H,17,20)(H,18,19). The normalized spacial score (nSPS) is 10.4. The topological polar surface area (TPSA) is 110 Å². The third-order valence-corrected chi connectivity index (χ3v) is 6.17. The van der Waals surface area contributed by atoms with Gasteiger partial charge in [-0.2, -0.15) is 5.10 Å². The number of thiophene rings is 1. The molecule has 0 spiro atoms. The lowest BCUT2D eigenvalue weighted by molar-refractivity contribution is 0.0531. The zero-order valence-corrected chi connectivity index (χ0v) is 17.3. The summed E-state index contributed by atoms with van der Waals surface area (Å²) in [5.74, 6) is -1.79. The van der Waals surface area contributed by atoms with Crippen molar-refractivity contribution in [3.8, 4) is 0 Å². The van der Waals surface area contributed by atoms with Gasteiger partial charge >= 0.3 is 11.9 Å². The van der Waals surface area contributed by atoms with E-state index in [2.05, 4.69) is 47.4 Å². The van der Waals surface area contributed by atoms with E-state index in [0.717, 1.165) is 11.3 Å². The SMILES string of the molecule is CCOC(=O)c1sc(NC(=O)c2n[nH]c(Br)c2Br)c(C(=O)OC)c1C. The summed E-state index contributed by atoms with van der Waals surface area (Å²) in [6.45, 7) is 3.46. The maximum Gasteiger partial charge on any atom is 0.348 e. The van der Waals surface area contributed by atoms with Crippen LogP contribution in [0.15, 0.2) is 9.08 Å². The number of carbonyl (C=O) groups is 3. The molecule has 2 N–H and O–H groups in total. The predicted molar refractivity (Wildman–Crippen MR) is 98.3 cm³/mol. The minimum atomic E-state index is -0.665. The third-order valence-electron chi connectivity index (χ3n) is 3.11. The minimum Gasteiger partial charge on any atom is -0.465 e. The average Bonchev–Trinajstić information content (AvgIpc) is 3.07. The monoisotopic (exact) mass is 493 g/mol. The van der Waals surface area contributed by atoms with Gasteiger partial charge in [0.2, 0.25) is 0 Å².